The number of hydrogen-bond acceptors (Lipinski definition) is 4. The number of carbonyl (C=O) groups is 1. The second kappa shape index (κ2) is 7.72. The number of fused-ring (bicyclic) bond motifs is 2. The number of hydrogen-bond donors (Lipinski definition) is 0. The van der Waals surface area contributed by atoms with Gasteiger partial charge in [0.2, 0.25) is 0 Å². The van der Waals surface area contributed by atoms with Crippen LogP contribution in [0.5, 0.6) is 5.75 Å². The van der Waals surface area contributed by atoms with Crippen molar-refractivity contribution in [2.45, 2.75) is 59.8 Å². The van der Waals surface area contributed by atoms with Crippen LogP contribution in [0.15, 0.2) is 36.7 Å². The van der Waals surface area contributed by atoms with Crippen LogP contribution in [0.2, 0.25) is 0 Å². The van der Waals surface area contributed by atoms with E-state index in [0.717, 1.165) is 11.7 Å². The molecule has 0 radical (unpaired) electrons. The Morgan fingerprint density at radius 1 is 1.17 bits per heavy atom. The number of aromatic nitrogens is 1. The van der Waals surface area contributed by atoms with Crippen molar-refractivity contribution < 1.29 is 14.3 Å². The number of carbonyl (C=O) groups excluding carboxylic acids is 1. The summed E-state index contributed by atoms with van der Waals surface area (Å²) in [7, 11) is 0. The number of benzene rings is 1. The van der Waals surface area contributed by atoms with E-state index in [4.69, 9.17) is 9.47 Å². The molecule has 2 saturated carbocycles. The van der Waals surface area contributed by atoms with Gasteiger partial charge in [0.05, 0.1) is 5.56 Å². The van der Waals surface area contributed by atoms with Crippen molar-refractivity contribution in [1.29, 1.82) is 0 Å². The standard InChI is InChI=1S/C26H33NO3/c1-17-13-21(22-15-20-8-9-26(22,5)25(20,3)4)23(14-18(17)2)29-11-12-30-24(28)19-7-6-10-27-16-19/h6-7,10,13-14,16,20,22H,8-9,11-12,15H2,1-5H3. The van der Waals surface area contributed by atoms with E-state index in [2.05, 4.69) is 51.7 Å². The molecule has 0 amide bonds. The minimum atomic E-state index is -0.366. The number of esters is 1. The molecule has 1 heterocycles. The Labute approximate surface area is 180 Å². The minimum absolute atomic E-state index is 0.218. The van der Waals surface area contributed by atoms with E-state index >= 15 is 0 Å². The smallest absolute Gasteiger partial charge is 0.339 e. The number of nitrogens with zero attached hydrogens (tertiary/aromatic N) is 1. The SMILES string of the molecule is Cc1cc(OCCOC(=O)c2cccnc2)c(C2CC3CCC2(C)C3(C)C)cc1C. The van der Waals surface area contributed by atoms with Crippen LogP contribution in [0.4, 0.5) is 0 Å². The van der Waals surface area contributed by atoms with Crippen LogP contribution in [0.1, 0.15) is 73.0 Å². The van der Waals surface area contributed by atoms with Gasteiger partial charge in [0, 0.05) is 12.4 Å². The van der Waals surface area contributed by atoms with Gasteiger partial charge in [0.1, 0.15) is 19.0 Å². The van der Waals surface area contributed by atoms with E-state index in [-0.39, 0.29) is 12.6 Å². The van der Waals surface area contributed by atoms with E-state index in [1.54, 1.807) is 18.3 Å². The van der Waals surface area contributed by atoms with E-state index in [9.17, 15) is 4.79 Å². The number of aryl methyl sites for hydroxylation is 2. The number of pyridine rings is 1. The third kappa shape index (κ3) is 3.40. The summed E-state index contributed by atoms with van der Waals surface area (Å²) in [6.45, 7) is 12.2. The van der Waals surface area contributed by atoms with Crippen LogP contribution in [0.3, 0.4) is 0 Å². The van der Waals surface area contributed by atoms with Gasteiger partial charge in [-0.2, -0.15) is 0 Å². The maximum Gasteiger partial charge on any atom is 0.339 e. The monoisotopic (exact) mass is 407 g/mol. The average molecular weight is 408 g/mol. The Kier molecular flexibility index (Phi) is 5.37. The second-order valence-electron chi connectivity index (χ2n) is 9.86. The zero-order valence-electron chi connectivity index (χ0n) is 18.8. The summed E-state index contributed by atoms with van der Waals surface area (Å²) in [4.78, 5) is 16.1. The summed E-state index contributed by atoms with van der Waals surface area (Å²) in [5.41, 5.74) is 4.98. The molecule has 160 valence electrons. The average Bonchev–Trinajstić information content (AvgIpc) is 3.07. The van der Waals surface area contributed by atoms with Gasteiger partial charge in [-0.1, -0.05) is 26.8 Å². The van der Waals surface area contributed by atoms with Gasteiger partial charge in [-0.15, -0.1) is 0 Å². The molecular formula is C26H33NO3. The van der Waals surface area contributed by atoms with E-state index in [0.29, 0.717) is 28.9 Å². The largest absolute Gasteiger partial charge is 0.490 e. The van der Waals surface area contributed by atoms with Crippen LogP contribution < -0.4 is 4.74 Å². The Bertz CT molecular complexity index is 937. The molecule has 2 aromatic rings. The molecule has 2 aliphatic carbocycles. The molecule has 0 saturated heterocycles. The number of rotatable bonds is 6. The molecule has 3 unspecified atom stereocenters. The first-order valence-electron chi connectivity index (χ1n) is 11.0. The van der Waals surface area contributed by atoms with Gasteiger partial charge in [-0.05, 0) is 90.7 Å². The minimum Gasteiger partial charge on any atom is -0.490 e. The predicted molar refractivity (Wildman–Crippen MR) is 118 cm³/mol. The molecule has 2 bridgehead atoms. The summed E-state index contributed by atoms with van der Waals surface area (Å²) in [6, 6.07) is 7.93. The lowest BCUT2D eigenvalue weighted by Crippen LogP contribution is -2.31. The highest BCUT2D eigenvalue weighted by atomic mass is 16.6. The highest BCUT2D eigenvalue weighted by molar-refractivity contribution is 5.88. The predicted octanol–water partition coefficient (Wildman–Crippen LogP) is 5.86. The van der Waals surface area contributed by atoms with Gasteiger partial charge < -0.3 is 9.47 Å². The quantitative estimate of drug-likeness (QED) is 0.444. The first-order valence-corrected chi connectivity index (χ1v) is 11.0. The molecule has 30 heavy (non-hydrogen) atoms. The van der Waals surface area contributed by atoms with Gasteiger partial charge >= 0.3 is 5.97 Å². The molecule has 4 heteroatoms. The van der Waals surface area contributed by atoms with Crippen molar-refractivity contribution in [2.24, 2.45) is 16.7 Å². The highest BCUT2D eigenvalue weighted by Gasteiger charge is 2.61. The fourth-order valence-corrected chi connectivity index (χ4v) is 5.74. The molecular weight excluding hydrogens is 374 g/mol. The fraction of sp³-hybridized carbons (Fsp3) is 0.538. The van der Waals surface area contributed by atoms with E-state index < -0.39 is 0 Å². The van der Waals surface area contributed by atoms with Crippen molar-refractivity contribution in [1.82, 2.24) is 4.98 Å². The lowest BCUT2D eigenvalue weighted by molar-refractivity contribution is 0.0448. The molecule has 4 nitrogen and oxygen atoms in total. The van der Waals surface area contributed by atoms with Crippen LogP contribution in [0.25, 0.3) is 0 Å². The second-order valence-corrected chi connectivity index (χ2v) is 9.86. The first-order chi connectivity index (χ1) is 14.2. The fourth-order valence-electron chi connectivity index (χ4n) is 5.74. The lowest BCUT2D eigenvalue weighted by atomic mass is 9.65. The Balaban J connectivity index is 1.48. The topological polar surface area (TPSA) is 48.4 Å². The molecule has 0 N–H and O–H groups in total. The summed E-state index contributed by atoms with van der Waals surface area (Å²) in [5, 5.41) is 0. The maximum atomic E-state index is 12.1. The van der Waals surface area contributed by atoms with Crippen molar-refractivity contribution in [3.8, 4) is 5.75 Å². The molecule has 1 aromatic carbocycles. The Hall–Kier alpha value is -2.36. The van der Waals surface area contributed by atoms with Crippen LogP contribution in [-0.2, 0) is 4.74 Å². The molecule has 2 fully saturated rings. The summed E-state index contributed by atoms with van der Waals surface area (Å²) < 4.78 is 11.6. The number of ether oxygens (including phenoxy) is 2. The first kappa shape index (κ1) is 20.9. The summed E-state index contributed by atoms with van der Waals surface area (Å²) in [6.07, 6.45) is 7.01. The van der Waals surface area contributed by atoms with Gasteiger partial charge in [0.25, 0.3) is 0 Å². The highest BCUT2D eigenvalue weighted by Crippen LogP contribution is 2.71. The molecule has 0 aliphatic heterocycles. The molecule has 2 aliphatic rings. The van der Waals surface area contributed by atoms with Crippen LogP contribution >= 0.6 is 0 Å². The summed E-state index contributed by atoms with van der Waals surface area (Å²) >= 11 is 0. The third-order valence-electron chi connectivity index (χ3n) is 8.27. The maximum absolute atomic E-state index is 12.1. The van der Waals surface area contributed by atoms with Crippen molar-refractivity contribution in [3.05, 3.63) is 58.9 Å². The molecule has 1 aromatic heterocycles. The Morgan fingerprint density at radius 2 is 1.93 bits per heavy atom. The van der Waals surface area contributed by atoms with E-state index in [1.165, 1.54) is 42.1 Å². The zero-order chi connectivity index (χ0) is 21.5. The zero-order valence-corrected chi connectivity index (χ0v) is 18.8. The van der Waals surface area contributed by atoms with Gasteiger partial charge in [-0.25, -0.2) is 4.79 Å². The molecule has 0 spiro atoms. The lowest BCUT2D eigenvalue weighted by Gasteiger charge is -2.40. The molecule has 4 rings (SSSR count). The van der Waals surface area contributed by atoms with Crippen LogP contribution in [0, 0.1) is 30.6 Å². The normalized spacial score (nSPS) is 26.6. The summed E-state index contributed by atoms with van der Waals surface area (Å²) in [5.74, 6) is 1.88. The Morgan fingerprint density at radius 3 is 2.57 bits per heavy atom. The van der Waals surface area contributed by atoms with Gasteiger partial charge in [0.15, 0.2) is 0 Å². The third-order valence-corrected chi connectivity index (χ3v) is 8.27. The van der Waals surface area contributed by atoms with Crippen molar-refractivity contribution >= 4 is 5.97 Å². The van der Waals surface area contributed by atoms with Crippen molar-refractivity contribution in [3.63, 3.8) is 0 Å². The van der Waals surface area contributed by atoms with Gasteiger partial charge in [-0.3, -0.25) is 4.98 Å². The molecule has 3 atom stereocenters. The van der Waals surface area contributed by atoms with Crippen molar-refractivity contribution in [2.75, 3.05) is 13.2 Å². The van der Waals surface area contributed by atoms with Crippen LogP contribution in [-0.4, -0.2) is 24.2 Å². The van der Waals surface area contributed by atoms with E-state index in [1.807, 2.05) is 0 Å².